The summed E-state index contributed by atoms with van der Waals surface area (Å²) in [5.41, 5.74) is 6.69. The third-order valence-corrected chi connectivity index (χ3v) is 4.12. The fourth-order valence-electron chi connectivity index (χ4n) is 2.96. The molecule has 4 heteroatoms. The number of hydrogen-bond donors (Lipinski definition) is 2. The minimum absolute atomic E-state index is 0.0657. The van der Waals surface area contributed by atoms with E-state index in [0.717, 1.165) is 24.8 Å². The Bertz CT molecular complexity index is 422. The molecule has 0 aliphatic heterocycles. The molecule has 1 aromatic rings. The van der Waals surface area contributed by atoms with Crippen LogP contribution in [0.3, 0.4) is 0 Å². The van der Waals surface area contributed by atoms with Gasteiger partial charge in [-0.2, -0.15) is 0 Å². The molecule has 4 nitrogen and oxygen atoms in total. The highest BCUT2D eigenvalue weighted by molar-refractivity contribution is 5.82. The lowest BCUT2D eigenvalue weighted by atomic mass is 9.84. The summed E-state index contributed by atoms with van der Waals surface area (Å²) in [5, 5.41) is 3.13. The first-order valence-electron chi connectivity index (χ1n) is 7.34. The second-order valence-corrected chi connectivity index (χ2v) is 5.42. The van der Waals surface area contributed by atoms with E-state index in [1.54, 1.807) is 7.11 Å². The summed E-state index contributed by atoms with van der Waals surface area (Å²) in [7, 11) is 1.57. The van der Waals surface area contributed by atoms with Crippen LogP contribution in [-0.2, 0) is 9.53 Å². The van der Waals surface area contributed by atoms with E-state index >= 15 is 0 Å². The Labute approximate surface area is 120 Å². The van der Waals surface area contributed by atoms with Gasteiger partial charge >= 0.3 is 0 Å². The zero-order valence-electron chi connectivity index (χ0n) is 12.0. The standard InChI is InChI=1S/C16H24N2O2/c1-20-15(12-7-3-2-4-8-12)16(19)18-14-10-6-5-9-13(14)11-17/h2-4,7-8,13-15H,5-6,9-11,17H2,1H3,(H,18,19). The monoisotopic (exact) mass is 276 g/mol. The Morgan fingerprint density at radius 3 is 2.70 bits per heavy atom. The number of hydrogen-bond acceptors (Lipinski definition) is 3. The van der Waals surface area contributed by atoms with Crippen molar-refractivity contribution in [1.82, 2.24) is 5.32 Å². The lowest BCUT2D eigenvalue weighted by Gasteiger charge is -2.32. The van der Waals surface area contributed by atoms with Gasteiger partial charge in [0.05, 0.1) is 0 Å². The number of nitrogens with two attached hydrogens (primary N) is 1. The number of nitrogens with one attached hydrogen (secondary N) is 1. The van der Waals surface area contributed by atoms with Crippen LogP contribution < -0.4 is 11.1 Å². The predicted octanol–water partition coefficient (Wildman–Crippen LogP) is 2.01. The zero-order chi connectivity index (χ0) is 14.4. The normalized spacial score (nSPS) is 24.1. The molecule has 0 saturated heterocycles. The molecule has 2 rings (SSSR count). The second-order valence-electron chi connectivity index (χ2n) is 5.42. The SMILES string of the molecule is COC(C(=O)NC1CCCCC1CN)c1ccccc1. The lowest BCUT2D eigenvalue weighted by Crippen LogP contribution is -2.46. The highest BCUT2D eigenvalue weighted by atomic mass is 16.5. The van der Waals surface area contributed by atoms with Gasteiger partial charge in [0.15, 0.2) is 6.10 Å². The molecule has 0 aromatic heterocycles. The third-order valence-electron chi connectivity index (χ3n) is 4.12. The van der Waals surface area contributed by atoms with Crippen LogP contribution in [0, 0.1) is 5.92 Å². The molecule has 0 heterocycles. The number of rotatable bonds is 5. The molecule has 1 amide bonds. The predicted molar refractivity (Wildman–Crippen MR) is 79.1 cm³/mol. The van der Waals surface area contributed by atoms with Gasteiger partial charge in [-0.3, -0.25) is 4.79 Å². The zero-order valence-corrected chi connectivity index (χ0v) is 12.0. The number of benzene rings is 1. The highest BCUT2D eigenvalue weighted by Gasteiger charge is 2.28. The molecule has 1 aliphatic carbocycles. The van der Waals surface area contributed by atoms with Crippen molar-refractivity contribution in [3.05, 3.63) is 35.9 Å². The lowest BCUT2D eigenvalue weighted by molar-refractivity contribution is -0.132. The molecule has 0 radical (unpaired) electrons. The van der Waals surface area contributed by atoms with E-state index in [9.17, 15) is 4.79 Å². The molecule has 20 heavy (non-hydrogen) atoms. The van der Waals surface area contributed by atoms with E-state index in [1.165, 1.54) is 6.42 Å². The Morgan fingerprint density at radius 1 is 1.35 bits per heavy atom. The van der Waals surface area contributed by atoms with E-state index in [-0.39, 0.29) is 11.9 Å². The topological polar surface area (TPSA) is 64.3 Å². The fourth-order valence-corrected chi connectivity index (χ4v) is 2.96. The van der Waals surface area contributed by atoms with Crippen LogP contribution in [0.5, 0.6) is 0 Å². The van der Waals surface area contributed by atoms with Gasteiger partial charge in [-0.1, -0.05) is 43.2 Å². The average Bonchev–Trinajstić information content (AvgIpc) is 2.49. The maximum atomic E-state index is 12.4. The molecule has 1 aromatic carbocycles. The summed E-state index contributed by atoms with van der Waals surface area (Å²) in [6.07, 6.45) is 3.94. The minimum atomic E-state index is -0.545. The van der Waals surface area contributed by atoms with Gasteiger partial charge in [0.2, 0.25) is 0 Å². The van der Waals surface area contributed by atoms with E-state index in [1.807, 2.05) is 30.3 Å². The van der Waals surface area contributed by atoms with Crippen LogP contribution in [0.25, 0.3) is 0 Å². The summed E-state index contributed by atoms with van der Waals surface area (Å²) in [6, 6.07) is 9.77. The summed E-state index contributed by atoms with van der Waals surface area (Å²) in [4.78, 5) is 12.4. The van der Waals surface area contributed by atoms with Crippen LogP contribution >= 0.6 is 0 Å². The number of amides is 1. The first-order valence-corrected chi connectivity index (χ1v) is 7.34. The maximum Gasteiger partial charge on any atom is 0.253 e. The molecule has 3 unspecified atom stereocenters. The summed E-state index contributed by atoms with van der Waals surface area (Å²) >= 11 is 0. The van der Waals surface area contributed by atoms with Crippen molar-refractivity contribution >= 4 is 5.91 Å². The number of methoxy groups -OCH3 is 1. The van der Waals surface area contributed by atoms with Gasteiger partial charge in [0, 0.05) is 13.2 Å². The third kappa shape index (κ3) is 3.58. The van der Waals surface area contributed by atoms with Gasteiger partial charge in [-0.05, 0) is 30.9 Å². The molecule has 1 aliphatic rings. The van der Waals surface area contributed by atoms with Crippen molar-refractivity contribution in [3.8, 4) is 0 Å². The first-order chi connectivity index (χ1) is 9.76. The first kappa shape index (κ1) is 15.0. The molecular weight excluding hydrogens is 252 g/mol. The summed E-state index contributed by atoms with van der Waals surface area (Å²) < 4.78 is 5.37. The van der Waals surface area contributed by atoms with Gasteiger partial charge < -0.3 is 15.8 Å². The van der Waals surface area contributed by atoms with Crippen molar-refractivity contribution in [1.29, 1.82) is 0 Å². The van der Waals surface area contributed by atoms with Gasteiger partial charge in [-0.25, -0.2) is 0 Å². The maximum absolute atomic E-state index is 12.4. The Kier molecular flexibility index (Phi) is 5.56. The van der Waals surface area contributed by atoms with E-state index in [2.05, 4.69) is 5.32 Å². The number of carbonyl (C=O) groups is 1. The molecule has 3 N–H and O–H groups in total. The second kappa shape index (κ2) is 7.41. The van der Waals surface area contributed by atoms with Gasteiger partial charge in [0.25, 0.3) is 5.91 Å². The van der Waals surface area contributed by atoms with E-state index in [4.69, 9.17) is 10.5 Å². The minimum Gasteiger partial charge on any atom is -0.367 e. The molecule has 3 atom stereocenters. The number of carbonyl (C=O) groups excluding carboxylic acids is 1. The molecule has 0 spiro atoms. The largest absolute Gasteiger partial charge is 0.367 e. The van der Waals surface area contributed by atoms with Crippen LogP contribution in [0.1, 0.15) is 37.4 Å². The van der Waals surface area contributed by atoms with E-state index in [0.29, 0.717) is 12.5 Å². The highest BCUT2D eigenvalue weighted by Crippen LogP contribution is 2.25. The molecule has 110 valence electrons. The van der Waals surface area contributed by atoms with Crippen LogP contribution in [0.15, 0.2) is 30.3 Å². The molecule has 1 fully saturated rings. The Balaban J connectivity index is 2.02. The summed E-state index contributed by atoms with van der Waals surface area (Å²) in [6.45, 7) is 0.633. The summed E-state index contributed by atoms with van der Waals surface area (Å²) in [5.74, 6) is 0.324. The van der Waals surface area contributed by atoms with Gasteiger partial charge in [-0.15, -0.1) is 0 Å². The van der Waals surface area contributed by atoms with Crippen LogP contribution in [0.2, 0.25) is 0 Å². The van der Waals surface area contributed by atoms with Crippen molar-refractivity contribution in [2.24, 2.45) is 11.7 Å². The smallest absolute Gasteiger partial charge is 0.253 e. The van der Waals surface area contributed by atoms with Crippen LogP contribution in [0.4, 0.5) is 0 Å². The quantitative estimate of drug-likeness (QED) is 0.864. The van der Waals surface area contributed by atoms with E-state index < -0.39 is 6.10 Å². The molecule has 0 bridgehead atoms. The Morgan fingerprint density at radius 2 is 2.05 bits per heavy atom. The van der Waals surface area contributed by atoms with Crippen LogP contribution in [-0.4, -0.2) is 25.6 Å². The average molecular weight is 276 g/mol. The van der Waals surface area contributed by atoms with Gasteiger partial charge in [0.1, 0.15) is 0 Å². The Hall–Kier alpha value is -1.39. The number of ether oxygens (including phenoxy) is 1. The molecule has 1 saturated carbocycles. The fraction of sp³-hybridized carbons (Fsp3) is 0.562. The van der Waals surface area contributed by atoms with Crippen molar-refractivity contribution in [3.63, 3.8) is 0 Å². The molecular formula is C16H24N2O2. The van der Waals surface area contributed by atoms with Crippen molar-refractivity contribution in [2.75, 3.05) is 13.7 Å². The van der Waals surface area contributed by atoms with Crippen molar-refractivity contribution in [2.45, 2.75) is 37.8 Å². The van der Waals surface area contributed by atoms with Crippen molar-refractivity contribution < 1.29 is 9.53 Å².